The van der Waals surface area contributed by atoms with E-state index < -0.39 is 18.5 Å². The van der Waals surface area contributed by atoms with Crippen molar-refractivity contribution in [2.75, 3.05) is 6.61 Å². The summed E-state index contributed by atoms with van der Waals surface area (Å²) in [6, 6.07) is -0.955. The van der Waals surface area contributed by atoms with Crippen LogP contribution in [-0.4, -0.2) is 29.8 Å². The Hall–Kier alpha value is -1.72. The highest BCUT2D eigenvalue weighted by molar-refractivity contribution is 5.93. The number of nitrogens with two attached hydrogens (primary N) is 1. The molecule has 62 valence electrons. The van der Waals surface area contributed by atoms with Crippen molar-refractivity contribution in [3.63, 3.8) is 0 Å². The van der Waals surface area contributed by atoms with Crippen molar-refractivity contribution < 1.29 is 24.3 Å². The number of hydrogen-bond acceptors (Lipinski definition) is 5. The SMILES string of the molecule is NC(=O)NC(=O)CO.O=C=O. The van der Waals surface area contributed by atoms with Gasteiger partial charge < -0.3 is 10.8 Å². The van der Waals surface area contributed by atoms with E-state index in [1.54, 1.807) is 5.32 Å². The summed E-state index contributed by atoms with van der Waals surface area (Å²) in [4.78, 5) is 36.0. The maximum absolute atomic E-state index is 9.96. The van der Waals surface area contributed by atoms with Crippen LogP contribution in [-0.2, 0) is 14.4 Å². The Kier molecular flexibility index (Phi) is 9.04. The third-order valence-corrected chi connectivity index (χ3v) is 0.406. The van der Waals surface area contributed by atoms with E-state index in [1.807, 2.05) is 0 Å². The Morgan fingerprint density at radius 3 is 1.91 bits per heavy atom. The van der Waals surface area contributed by atoms with Gasteiger partial charge in [-0.05, 0) is 0 Å². The summed E-state index contributed by atoms with van der Waals surface area (Å²) in [6.45, 7) is -0.719. The molecule has 0 aliphatic heterocycles. The van der Waals surface area contributed by atoms with Gasteiger partial charge in [-0.15, -0.1) is 0 Å². The van der Waals surface area contributed by atoms with Crippen LogP contribution >= 0.6 is 0 Å². The molecule has 0 saturated heterocycles. The molecule has 0 aromatic carbocycles. The number of hydrogen-bond donors (Lipinski definition) is 3. The van der Waals surface area contributed by atoms with Gasteiger partial charge in [0.2, 0.25) is 0 Å². The van der Waals surface area contributed by atoms with Gasteiger partial charge in [-0.1, -0.05) is 0 Å². The number of aliphatic hydroxyl groups excluding tert-OH is 1. The van der Waals surface area contributed by atoms with Gasteiger partial charge in [-0.2, -0.15) is 9.59 Å². The smallest absolute Gasteiger partial charge is 0.373 e. The molecule has 0 unspecified atom stereocenters. The molecular formula is C4H6N2O5. The second-order valence-corrected chi connectivity index (χ2v) is 1.15. The molecule has 0 aliphatic rings. The third-order valence-electron chi connectivity index (χ3n) is 0.406. The molecule has 0 spiro atoms. The van der Waals surface area contributed by atoms with E-state index in [-0.39, 0.29) is 6.15 Å². The number of rotatable bonds is 1. The first kappa shape index (κ1) is 12.0. The van der Waals surface area contributed by atoms with Crippen LogP contribution in [0.15, 0.2) is 0 Å². The molecule has 0 heterocycles. The van der Waals surface area contributed by atoms with Crippen LogP contribution in [0.3, 0.4) is 0 Å². The second kappa shape index (κ2) is 8.28. The van der Waals surface area contributed by atoms with Gasteiger partial charge in [0.1, 0.15) is 6.61 Å². The zero-order valence-electron chi connectivity index (χ0n) is 5.36. The van der Waals surface area contributed by atoms with Gasteiger partial charge in [0.05, 0.1) is 0 Å². The molecule has 11 heavy (non-hydrogen) atoms. The number of aliphatic hydroxyl groups is 1. The molecule has 4 N–H and O–H groups in total. The molecule has 3 amide bonds. The van der Waals surface area contributed by atoms with E-state index in [2.05, 4.69) is 5.73 Å². The molecule has 0 rings (SSSR count). The van der Waals surface area contributed by atoms with Gasteiger partial charge in [-0.25, -0.2) is 4.79 Å². The molecule has 0 saturated carbocycles. The third kappa shape index (κ3) is 17.8. The number of nitrogens with one attached hydrogen (secondary N) is 1. The topological polar surface area (TPSA) is 127 Å². The van der Waals surface area contributed by atoms with Crippen LogP contribution in [0.25, 0.3) is 0 Å². The normalized spacial score (nSPS) is 6.64. The van der Waals surface area contributed by atoms with Crippen molar-refractivity contribution in [2.45, 2.75) is 0 Å². The second-order valence-electron chi connectivity index (χ2n) is 1.15. The summed E-state index contributed by atoms with van der Waals surface area (Å²) >= 11 is 0. The Morgan fingerprint density at radius 2 is 1.82 bits per heavy atom. The standard InChI is InChI=1S/C3H6N2O3.CO2/c4-3(8)5-2(7)1-6;2-1-3/h6H,1H2,(H3,4,5,7,8);. The highest BCUT2D eigenvalue weighted by Crippen LogP contribution is 1.58. The molecular weight excluding hydrogens is 156 g/mol. The predicted octanol–water partition coefficient (Wildman–Crippen LogP) is -2.41. The molecule has 0 aliphatic carbocycles. The lowest BCUT2D eigenvalue weighted by atomic mass is 10.6. The van der Waals surface area contributed by atoms with Gasteiger partial charge in [0.15, 0.2) is 0 Å². The fraction of sp³-hybridized carbons (Fsp3) is 0.250. The van der Waals surface area contributed by atoms with Crippen LogP contribution in [0.2, 0.25) is 0 Å². The van der Waals surface area contributed by atoms with Crippen LogP contribution in [0.4, 0.5) is 4.79 Å². The molecule has 0 aromatic heterocycles. The largest absolute Gasteiger partial charge is 0.387 e. The summed E-state index contributed by atoms with van der Waals surface area (Å²) in [5.41, 5.74) is 4.49. The van der Waals surface area contributed by atoms with Crippen molar-refractivity contribution in [2.24, 2.45) is 5.73 Å². The van der Waals surface area contributed by atoms with Crippen LogP contribution in [0.5, 0.6) is 0 Å². The first-order valence-electron chi connectivity index (χ1n) is 2.27. The molecule has 0 bridgehead atoms. The lowest BCUT2D eigenvalue weighted by molar-refractivity contribution is -0.191. The number of amides is 3. The molecule has 7 nitrogen and oxygen atoms in total. The Balaban J connectivity index is 0. The average Bonchev–Trinajstić information content (AvgIpc) is 1.88. The van der Waals surface area contributed by atoms with E-state index in [0.717, 1.165) is 0 Å². The van der Waals surface area contributed by atoms with E-state index in [0.29, 0.717) is 0 Å². The van der Waals surface area contributed by atoms with Crippen LogP contribution < -0.4 is 11.1 Å². The van der Waals surface area contributed by atoms with E-state index in [4.69, 9.17) is 14.7 Å². The highest BCUT2D eigenvalue weighted by atomic mass is 16.3. The Labute approximate surface area is 61.2 Å². The summed E-state index contributed by atoms with van der Waals surface area (Å²) in [5.74, 6) is -0.794. The van der Waals surface area contributed by atoms with Gasteiger partial charge in [-0.3, -0.25) is 10.1 Å². The summed E-state index contributed by atoms with van der Waals surface area (Å²) < 4.78 is 0. The zero-order valence-corrected chi connectivity index (χ0v) is 5.36. The lowest BCUT2D eigenvalue weighted by Gasteiger charge is -1.92. The van der Waals surface area contributed by atoms with Crippen LogP contribution in [0, 0.1) is 0 Å². The van der Waals surface area contributed by atoms with Crippen molar-refractivity contribution in [1.29, 1.82) is 0 Å². The maximum Gasteiger partial charge on any atom is 0.373 e. The molecule has 0 atom stereocenters. The number of imide groups is 1. The Bertz CT molecular complexity index is 171. The average molecular weight is 162 g/mol. The Morgan fingerprint density at radius 1 is 1.45 bits per heavy atom. The van der Waals surface area contributed by atoms with Crippen molar-refractivity contribution >= 4 is 18.1 Å². The quantitative estimate of drug-likeness (QED) is 0.395. The van der Waals surface area contributed by atoms with Gasteiger partial charge >= 0.3 is 12.2 Å². The summed E-state index contributed by atoms with van der Waals surface area (Å²) in [5, 5.41) is 9.61. The van der Waals surface area contributed by atoms with Gasteiger partial charge in [0.25, 0.3) is 5.91 Å². The fourth-order valence-electron chi connectivity index (χ4n) is 0.177. The predicted molar refractivity (Wildman–Crippen MR) is 29.8 cm³/mol. The summed E-state index contributed by atoms with van der Waals surface area (Å²) in [6.07, 6.45) is 0.250. The molecule has 0 radical (unpaired) electrons. The van der Waals surface area contributed by atoms with E-state index >= 15 is 0 Å². The zero-order chi connectivity index (χ0) is 9.28. The highest BCUT2D eigenvalue weighted by Gasteiger charge is 1.98. The number of carbonyl (C=O) groups excluding carboxylic acids is 4. The number of urea groups is 1. The number of primary amides is 1. The lowest BCUT2D eigenvalue weighted by Crippen LogP contribution is -2.36. The minimum Gasteiger partial charge on any atom is -0.387 e. The molecule has 0 fully saturated rings. The fourth-order valence-corrected chi connectivity index (χ4v) is 0.177. The first-order chi connectivity index (χ1) is 5.08. The minimum absolute atomic E-state index is 0.250. The van der Waals surface area contributed by atoms with Crippen molar-refractivity contribution in [1.82, 2.24) is 5.32 Å². The van der Waals surface area contributed by atoms with Crippen molar-refractivity contribution in [3.05, 3.63) is 0 Å². The first-order valence-corrected chi connectivity index (χ1v) is 2.27. The van der Waals surface area contributed by atoms with E-state index in [9.17, 15) is 9.59 Å². The van der Waals surface area contributed by atoms with Gasteiger partial charge in [0, 0.05) is 0 Å². The number of carbonyl (C=O) groups is 2. The minimum atomic E-state index is -0.955. The van der Waals surface area contributed by atoms with E-state index in [1.165, 1.54) is 0 Å². The maximum atomic E-state index is 9.96. The van der Waals surface area contributed by atoms with Crippen LogP contribution in [0.1, 0.15) is 0 Å². The van der Waals surface area contributed by atoms with Crippen molar-refractivity contribution in [3.8, 4) is 0 Å². The monoisotopic (exact) mass is 162 g/mol. The molecule has 0 aromatic rings. The summed E-state index contributed by atoms with van der Waals surface area (Å²) in [7, 11) is 0. The molecule has 7 heteroatoms.